The van der Waals surface area contributed by atoms with Crippen molar-refractivity contribution in [3.05, 3.63) is 77.6 Å². The highest BCUT2D eigenvalue weighted by atomic mass is 19.1. The van der Waals surface area contributed by atoms with Gasteiger partial charge in [0.15, 0.2) is 0 Å². The smallest absolute Gasteiger partial charge is 0.246 e. The first-order valence-corrected chi connectivity index (χ1v) is 15.2. The molecule has 0 aromatic heterocycles. The molecule has 2 bridgehead atoms. The van der Waals surface area contributed by atoms with Gasteiger partial charge in [0.05, 0.1) is 17.9 Å². The van der Waals surface area contributed by atoms with Crippen LogP contribution in [0.15, 0.2) is 60.7 Å². The average Bonchev–Trinajstić information content (AvgIpc) is 3.60. The van der Waals surface area contributed by atoms with Crippen LogP contribution in [-0.4, -0.2) is 46.4 Å². The van der Waals surface area contributed by atoms with Crippen LogP contribution in [0.2, 0.25) is 0 Å². The van der Waals surface area contributed by atoms with E-state index in [0.29, 0.717) is 23.1 Å². The Kier molecular flexibility index (Phi) is 7.46. The van der Waals surface area contributed by atoms with E-state index >= 15 is 0 Å². The number of hydrogen-bond acceptors (Lipinski definition) is 4. The lowest BCUT2D eigenvalue weighted by molar-refractivity contribution is -0.142. The zero-order valence-corrected chi connectivity index (χ0v) is 24.7. The van der Waals surface area contributed by atoms with E-state index in [2.05, 4.69) is 38.3 Å². The van der Waals surface area contributed by atoms with Crippen molar-refractivity contribution < 1.29 is 23.5 Å². The highest BCUT2D eigenvalue weighted by Gasteiger charge is 2.72. The molecule has 8 atom stereocenters. The molecule has 1 saturated carbocycles. The maximum atomic E-state index is 14.8. The maximum absolute atomic E-state index is 14.8. The zero-order chi connectivity index (χ0) is 29.8. The molecular formula is C34H40FN3O4. The summed E-state index contributed by atoms with van der Waals surface area (Å²) in [7, 11) is 0. The number of nitrogens with zero attached hydrogens (tertiary/aromatic N) is 1. The minimum Gasteiger partial charge on any atom is -0.359 e. The Balaban J connectivity index is 1.31. The van der Waals surface area contributed by atoms with E-state index in [1.807, 2.05) is 24.3 Å². The van der Waals surface area contributed by atoms with E-state index in [0.717, 1.165) is 24.8 Å². The van der Waals surface area contributed by atoms with Crippen molar-refractivity contribution in [1.82, 2.24) is 10.2 Å². The van der Waals surface area contributed by atoms with Crippen LogP contribution in [0, 0.1) is 29.5 Å². The van der Waals surface area contributed by atoms with Crippen LogP contribution < -0.4 is 10.6 Å². The third-order valence-electron chi connectivity index (χ3n) is 10.1. The van der Waals surface area contributed by atoms with Gasteiger partial charge in [-0.25, -0.2) is 4.39 Å². The highest BCUT2D eigenvalue weighted by Crippen LogP contribution is 2.55. The molecule has 3 aliphatic heterocycles. The van der Waals surface area contributed by atoms with Crippen LogP contribution in [0.1, 0.15) is 64.0 Å². The minimum atomic E-state index is -1.30. The third-order valence-corrected chi connectivity index (χ3v) is 10.1. The summed E-state index contributed by atoms with van der Waals surface area (Å²) >= 11 is 0. The van der Waals surface area contributed by atoms with Gasteiger partial charge in [-0.15, -0.1) is 0 Å². The van der Waals surface area contributed by atoms with E-state index < -0.39 is 35.4 Å². The van der Waals surface area contributed by atoms with Crippen LogP contribution in [0.3, 0.4) is 0 Å². The Bertz CT molecular complexity index is 1410. The van der Waals surface area contributed by atoms with Crippen LogP contribution >= 0.6 is 0 Å². The van der Waals surface area contributed by atoms with Gasteiger partial charge in [-0.2, -0.15) is 0 Å². The van der Waals surface area contributed by atoms with Gasteiger partial charge in [-0.3, -0.25) is 14.4 Å². The molecule has 2 N–H and O–H groups in total. The lowest BCUT2D eigenvalue weighted by atomic mass is 9.73. The standard InChI is InChI=1S/C34H40FN3O4/c1-19(2)22-12-14-24(15-13-22)36-31(39)28-27-16-17-34(42-27)29(28)33(41)38(18-23-9-5-6-10-25(23)35)30(34)32(40)37-26-11-7-8-20(3)21(26)4/h5-6,9-10,12-17,19-21,26-30H,7-8,11,18H2,1-4H3,(H,36,39)(H,37,40)/t20-,21-,26-,27-,28+,29-,30-,34-/m1/s1. The Hall–Kier alpha value is -3.52. The number of halogens is 1. The predicted molar refractivity (Wildman–Crippen MR) is 158 cm³/mol. The summed E-state index contributed by atoms with van der Waals surface area (Å²) in [6.07, 6.45) is 5.96. The zero-order valence-electron chi connectivity index (χ0n) is 24.7. The first-order valence-electron chi connectivity index (χ1n) is 15.2. The van der Waals surface area contributed by atoms with Crippen LogP contribution in [-0.2, 0) is 25.7 Å². The van der Waals surface area contributed by atoms with E-state index in [9.17, 15) is 18.8 Å². The van der Waals surface area contributed by atoms with E-state index in [1.54, 1.807) is 30.4 Å². The van der Waals surface area contributed by atoms with Gasteiger partial charge in [-0.05, 0) is 47.9 Å². The second-order valence-electron chi connectivity index (χ2n) is 12.9. The van der Waals surface area contributed by atoms with Crippen molar-refractivity contribution in [2.24, 2.45) is 23.7 Å². The number of carbonyl (C=O) groups is 3. The summed E-state index contributed by atoms with van der Waals surface area (Å²) in [6.45, 7) is 8.47. The molecule has 3 heterocycles. The summed E-state index contributed by atoms with van der Waals surface area (Å²) in [5.74, 6) is -2.07. The number of rotatable bonds is 7. The number of benzene rings is 2. The van der Waals surface area contributed by atoms with Crippen molar-refractivity contribution in [2.75, 3.05) is 5.32 Å². The summed E-state index contributed by atoms with van der Waals surface area (Å²) in [5, 5.41) is 6.21. The Morgan fingerprint density at radius 1 is 1.07 bits per heavy atom. The molecule has 4 aliphatic rings. The fraction of sp³-hybridized carbons (Fsp3) is 0.500. The molecule has 2 aromatic carbocycles. The summed E-state index contributed by atoms with van der Waals surface area (Å²) < 4.78 is 21.3. The molecule has 0 radical (unpaired) electrons. The normalized spacial score (nSPS) is 33.2. The molecule has 6 rings (SSSR count). The van der Waals surface area contributed by atoms with Crippen LogP contribution in [0.25, 0.3) is 0 Å². The summed E-state index contributed by atoms with van der Waals surface area (Å²) in [4.78, 5) is 43.6. The monoisotopic (exact) mass is 573 g/mol. The minimum absolute atomic E-state index is 0.0300. The molecule has 7 nitrogen and oxygen atoms in total. The van der Waals surface area contributed by atoms with E-state index in [1.165, 1.54) is 11.0 Å². The number of likely N-dealkylation sites (tertiary alicyclic amines) is 1. The Morgan fingerprint density at radius 3 is 2.52 bits per heavy atom. The molecule has 8 heteroatoms. The van der Waals surface area contributed by atoms with Gasteiger partial charge in [0.1, 0.15) is 17.5 Å². The number of ether oxygens (including phenoxy) is 1. The molecule has 222 valence electrons. The van der Waals surface area contributed by atoms with Crippen LogP contribution in [0.4, 0.5) is 10.1 Å². The van der Waals surface area contributed by atoms with Crippen molar-refractivity contribution >= 4 is 23.4 Å². The van der Waals surface area contributed by atoms with Crippen molar-refractivity contribution in [1.29, 1.82) is 0 Å². The third kappa shape index (κ3) is 4.74. The summed E-state index contributed by atoms with van der Waals surface area (Å²) in [6, 6.07) is 12.9. The molecule has 2 saturated heterocycles. The molecule has 3 fully saturated rings. The number of anilines is 1. The Labute approximate surface area is 246 Å². The van der Waals surface area contributed by atoms with Crippen LogP contribution in [0.5, 0.6) is 0 Å². The number of nitrogens with one attached hydrogen (secondary N) is 2. The van der Waals surface area contributed by atoms with Gasteiger partial charge >= 0.3 is 0 Å². The molecular weight excluding hydrogens is 533 g/mol. The molecule has 1 spiro atoms. The van der Waals surface area contributed by atoms with Crippen molar-refractivity contribution in [3.8, 4) is 0 Å². The largest absolute Gasteiger partial charge is 0.359 e. The molecule has 1 aliphatic carbocycles. The fourth-order valence-corrected chi connectivity index (χ4v) is 7.47. The number of fused-ring (bicyclic) bond motifs is 1. The Morgan fingerprint density at radius 2 is 1.81 bits per heavy atom. The lowest BCUT2D eigenvalue weighted by Crippen LogP contribution is -2.57. The second kappa shape index (κ2) is 11.0. The van der Waals surface area contributed by atoms with Gasteiger partial charge < -0.3 is 20.3 Å². The van der Waals surface area contributed by atoms with E-state index in [4.69, 9.17) is 4.74 Å². The van der Waals surface area contributed by atoms with Gasteiger partial charge in [0, 0.05) is 23.8 Å². The van der Waals surface area contributed by atoms with Crippen molar-refractivity contribution in [2.45, 2.75) is 83.2 Å². The van der Waals surface area contributed by atoms with Gasteiger partial charge in [0.25, 0.3) is 0 Å². The number of amides is 3. The molecule has 42 heavy (non-hydrogen) atoms. The second-order valence-corrected chi connectivity index (χ2v) is 12.9. The topological polar surface area (TPSA) is 87.7 Å². The SMILES string of the molecule is CC(C)c1ccc(NC(=O)[C@H]2[C@H]3C=C[C@@]4(O3)[C@H]2C(=O)N(Cc2ccccc2F)[C@@H]4C(=O)N[C@@H]2CCC[C@@H](C)[C@H]2C)cc1. The quantitative estimate of drug-likeness (QED) is 0.447. The number of hydrogen-bond donors (Lipinski definition) is 2. The van der Waals surface area contributed by atoms with Gasteiger partial charge in [-0.1, -0.05) is 83.0 Å². The fourth-order valence-electron chi connectivity index (χ4n) is 7.47. The first-order chi connectivity index (χ1) is 20.1. The molecule has 3 amide bonds. The average molecular weight is 574 g/mol. The lowest BCUT2D eigenvalue weighted by Gasteiger charge is -2.38. The molecule has 0 unspecified atom stereocenters. The first kappa shape index (κ1) is 28.6. The predicted octanol–water partition coefficient (Wildman–Crippen LogP) is 5.18. The van der Waals surface area contributed by atoms with Gasteiger partial charge in [0.2, 0.25) is 17.7 Å². The van der Waals surface area contributed by atoms with E-state index in [-0.39, 0.29) is 36.2 Å². The summed E-state index contributed by atoms with van der Waals surface area (Å²) in [5.41, 5.74) is 0.797. The highest BCUT2D eigenvalue weighted by molar-refractivity contribution is 6.02. The number of carbonyl (C=O) groups excluding carboxylic acids is 3. The maximum Gasteiger partial charge on any atom is 0.246 e. The van der Waals surface area contributed by atoms with Crippen molar-refractivity contribution in [3.63, 3.8) is 0 Å². The molecule has 2 aromatic rings.